The molecule has 0 aromatic heterocycles. The maximum absolute atomic E-state index is 13.1. The number of nitrogens with zero attached hydrogens (tertiary/aromatic N) is 2. The SMILES string of the molecule is OC1CN2c3c(cccc3[C@@H]3CN(CCC[C@@H](O)c4ccc(F)cc4)CC[C@@H]32)N1. The lowest BCUT2D eigenvalue weighted by Crippen LogP contribution is -2.50. The minimum atomic E-state index is -0.542. The highest BCUT2D eigenvalue weighted by Gasteiger charge is 2.44. The molecular weight excluding hydrogens is 369 g/mol. The van der Waals surface area contributed by atoms with Crippen molar-refractivity contribution in [3.05, 3.63) is 59.4 Å². The zero-order valence-electron chi connectivity index (χ0n) is 16.5. The summed E-state index contributed by atoms with van der Waals surface area (Å²) in [6, 6.07) is 13.0. The van der Waals surface area contributed by atoms with Gasteiger partial charge in [0.2, 0.25) is 0 Å². The molecular formula is C23H28FN3O2. The summed E-state index contributed by atoms with van der Waals surface area (Å²) in [5.74, 6) is 0.192. The third-order valence-corrected chi connectivity index (χ3v) is 6.71. The largest absolute Gasteiger partial charge is 0.388 e. The van der Waals surface area contributed by atoms with Gasteiger partial charge in [-0.3, -0.25) is 0 Å². The Hall–Kier alpha value is -2.15. The third-order valence-electron chi connectivity index (χ3n) is 6.71. The van der Waals surface area contributed by atoms with Crippen molar-refractivity contribution < 1.29 is 14.6 Å². The van der Waals surface area contributed by atoms with Gasteiger partial charge in [-0.2, -0.15) is 0 Å². The van der Waals surface area contributed by atoms with Crippen molar-refractivity contribution in [2.75, 3.05) is 36.4 Å². The fraction of sp³-hybridized carbons (Fsp3) is 0.478. The third kappa shape index (κ3) is 3.50. The molecule has 3 heterocycles. The van der Waals surface area contributed by atoms with E-state index in [-0.39, 0.29) is 5.82 Å². The quantitative estimate of drug-likeness (QED) is 0.724. The van der Waals surface area contributed by atoms with Crippen molar-refractivity contribution in [1.29, 1.82) is 0 Å². The van der Waals surface area contributed by atoms with Crippen LogP contribution in [0.5, 0.6) is 0 Å². The molecule has 0 bridgehead atoms. The summed E-state index contributed by atoms with van der Waals surface area (Å²) in [6.07, 6.45) is 1.63. The zero-order valence-corrected chi connectivity index (χ0v) is 16.5. The molecule has 3 N–H and O–H groups in total. The summed E-state index contributed by atoms with van der Waals surface area (Å²) in [5.41, 5.74) is 4.50. The van der Waals surface area contributed by atoms with Gasteiger partial charge in [-0.05, 0) is 55.1 Å². The van der Waals surface area contributed by atoms with E-state index in [1.807, 2.05) is 0 Å². The first-order valence-corrected chi connectivity index (χ1v) is 10.6. The Bertz CT molecular complexity index is 875. The second-order valence-electron chi connectivity index (χ2n) is 8.53. The standard InChI is InChI=1S/C23H28FN3O2/c24-16-8-6-15(7-9-16)21(28)5-2-11-26-12-10-20-18(13-26)17-3-1-4-19-23(17)27(20)14-22(29)25-19/h1,3-4,6-9,18,20-22,25,28-29H,2,5,10-14H2/t18-,20-,21+,22?/m0/s1. The normalized spacial score (nSPS) is 26.6. The number of halogens is 1. The first-order valence-electron chi connectivity index (χ1n) is 10.6. The summed E-state index contributed by atoms with van der Waals surface area (Å²) in [6.45, 7) is 3.66. The Morgan fingerprint density at radius 3 is 2.79 bits per heavy atom. The van der Waals surface area contributed by atoms with E-state index in [0.717, 1.165) is 43.7 Å². The Morgan fingerprint density at radius 2 is 1.97 bits per heavy atom. The number of fused-ring (bicyclic) bond motifs is 3. The molecule has 3 aliphatic heterocycles. The zero-order chi connectivity index (χ0) is 20.0. The van der Waals surface area contributed by atoms with Crippen molar-refractivity contribution in [3.8, 4) is 0 Å². The summed E-state index contributed by atoms with van der Waals surface area (Å²) in [7, 11) is 0. The molecule has 29 heavy (non-hydrogen) atoms. The summed E-state index contributed by atoms with van der Waals surface area (Å²) >= 11 is 0. The summed E-state index contributed by atoms with van der Waals surface area (Å²) in [5, 5.41) is 23.8. The monoisotopic (exact) mass is 397 g/mol. The molecule has 0 spiro atoms. The lowest BCUT2D eigenvalue weighted by Gasteiger charge is -2.41. The minimum absolute atomic E-state index is 0.274. The number of rotatable bonds is 5. The van der Waals surface area contributed by atoms with E-state index >= 15 is 0 Å². The van der Waals surface area contributed by atoms with Crippen LogP contribution in [-0.4, -0.2) is 53.6 Å². The van der Waals surface area contributed by atoms with Crippen molar-refractivity contribution >= 4 is 11.4 Å². The number of nitrogens with one attached hydrogen (secondary N) is 1. The lowest BCUT2D eigenvalue weighted by atomic mass is 9.89. The Kier molecular flexibility index (Phi) is 4.94. The van der Waals surface area contributed by atoms with Crippen LogP contribution in [0.2, 0.25) is 0 Å². The van der Waals surface area contributed by atoms with E-state index in [1.165, 1.54) is 23.4 Å². The summed E-state index contributed by atoms with van der Waals surface area (Å²) < 4.78 is 13.1. The van der Waals surface area contributed by atoms with Crippen molar-refractivity contribution in [2.24, 2.45) is 0 Å². The topological polar surface area (TPSA) is 59.0 Å². The summed E-state index contributed by atoms with van der Waals surface area (Å²) in [4.78, 5) is 4.91. The van der Waals surface area contributed by atoms with Gasteiger partial charge >= 0.3 is 0 Å². The Labute approximate surface area is 170 Å². The number of hydrogen-bond acceptors (Lipinski definition) is 5. The van der Waals surface area contributed by atoms with E-state index in [1.54, 1.807) is 12.1 Å². The number of anilines is 2. The van der Waals surface area contributed by atoms with Gasteiger partial charge in [-0.15, -0.1) is 0 Å². The first-order chi connectivity index (χ1) is 14.1. The van der Waals surface area contributed by atoms with Crippen LogP contribution < -0.4 is 10.2 Å². The maximum Gasteiger partial charge on any atom is 0.142 e. The fourth-order valence-electron chi connectivity index (χ4n) is 5.35. The predicted molar refractivity (Wildman–Crippen MR) is 112 cm³/mol. The van der Waals surface area contributed by atoms with E-state index in [9.17, 15) is 14.6 Å². The van der Waals surface area contributed by atoms with Crippen molar-refractivity contribution in [3.63, 3.8) is 0 Å². The molecule has 3 aliphatic rings. The molecule has 0 aliphatic carbocycles. The van der Waals surface area contributed by atoms with Crippen LogP contribution in [0.15, 0.2) is 42.5 Å². The van der Waals surface area contributed by atoms with Crippen LogP contribution in [0.25, 0.3) is 0 Å². The maximum atomic E-state index is 13.1. The second kappa shape index (κ2) is 7.59. The molecule has 5 nitrogen and oxygen atoms in total. The lowest BCUT2D eigenvalue weighted by molar-refractivity contribution is 0.142. The van der Waals surface area contributed by atoms with E-state index in [2.05, 4.69) is 33.3 Å². The molecule has 5 rings (SSSR count). The molecule has 154 valence electrons. The van der Waals surface area contributed by atoms with Crippen LogP contribution in [0.3, 0.4) is 0 Å². The average molecular weight is 397 g/mol. The second-order valence-corrected chi connectivity index (χ2v) is 8.53. The van der Waals surface area contributed by atoms with Gasteiger partial charge in [-0.25, -0.2) is 4.39 Å². The number of aliphatic hydroxyl groups is 2. The van der Waals surface area contributed by atoms with Gasteiger partial charge in [-0.1, -0.05) is 24.3 Å². The minimum Gasteiger partial charge on any atom is -0.388 e. The molecule has 0 amide bonds. The molecule has 6 heteroatoms. The highest BCUT2D eigenvalue weighted by molar-refractivity contribution is 5.80. The fourth-order valence-corrected chi connectivity index (χ4v) is 5.35. The average Bonchev–Trinajstić information content (AvgIpc) is 3.03. The number of para-hydroxylation sites is 1. The van der Waals surface area contributed by atoms with Crippen LogP contribution in [0.1, 0.15) is 42.4 Å². The van der Waals surface area contributed by atoms with E-state index in [0.29, 0.717) is 24.9 Å². The van der Waals surface area contributed by atoms with Crippen molar-refractivity contribution in [2.45, 2.75) is 43.6 Å². The number of piperidine rings is 1. The van der Waals surface area contributed by atoms with Gasteiger partial charge in [0.1, 0.15) is 12.0 Å². The molecule has 4 atom stereocenters. The highest BCUT2D eigenvalue weighted by Crippen LogP contribution is 2.49. The predicted octanol–water partition coefficient (Wildman–Crippen LogP) is 3.06. The number of benzene rings is 2. The molecule has 2 aromatic rings. The van der Waals surface area contributed by atoms with Gasteiger partial charge < -0.3 is 25.3 Å². The smallest absolute Gasteiger partial charge is 0.142 e. The van der Waals surface area contributed by atoms with Gasteiger partial charge in [0.15, 0.2) is 0 Å². The molecule has 1 saturated heterocycles. The van der Waals surface area contributed by atoms with Crippen LogP contribution >= 0.6 is 0 Å². The molecule has 2 aromatic carbocycles. The molecule has 0 saturated carbocycles. The Balaban J connectivity index is 1.21. The van der Waals surface area contributed by atoms with E-state index < -0.39 is 12.3 Å². The molecule has 1 fully saturated rings. The highest BCUT2D eigenvalue weighted by atomic mass is 19.1. The van der Waals surface area contributed by atoms with Gasteiger partial charge in [0, 0.05) is 25.0 Å². The van der Waals surface area contributed by atoms with Crippen molar-refractivity contribution in [1.82, 2.24) is 4.90 Å². The molecule has 1 unspecified atom stereocenters. The van der Waals surface area contributed by atoms with Gasteiger partial charge in [0.05, 0.1) is 24.0 Å². The number of hydrogen-bond donors (Lipinski definition) is 3. The van der Waals surface area contributed by atoms with Crippen LogP contribution in [-0.2, 0) is 0 Å². The van der Waals surface area contributed by atoms with Crippen LogP contribution in [0.4, 0.5) is 15.8 Å². The van der Waals surface area contributed by atoms with E-state index in [4.69, 9.17) is 0 Å². The first kappa shape index (κ1) is 18.9. The number of likely N-dealkylation sites (tertiary alicyclic amines) is 1. The van der Waals surface area contributed by atoms with Crippen LogP contribution in [0, 0.1) is 5.82 Å². The number of aliphatic hydroxyl groups excluding tert-OH is 2. The Morgan fingerprint density at radius 1 is 1.14 bits per heavy atom. The van der Waals surface area contributed by atoms with Gasteiger partial charge in [0.25, 0.3) is 0 Å². The molecule has 0 radical (unpaired) electrons.